The SMILES string of the molecule is CC(=O)c1ccc2c(c1)nc(-c1ccc(C)cc1)n2C(C)C(=O)O. The number of hydrogen-bond acceptors (Lipinski definition) is 3. The molecule has 1 heterocycles. The molecule has 1 unspecified atom stereocenters. The number of ketones is 1. The fourth-order valence-corrected chi connectivity index (χ4v) is 2.73. The van der Waals surface area contributed by atoms with Gasteiger partial charge in [-0.2, -0.15) is 0 Å². The van der Waals surface area contributed by atoms with Crippen molar-refractivity contribution < 1.29 is 14.7 Å². The Hall–Kier alpha value is -2.95. The second-order valence-corrected chi connectivity index (χ2v) is 5.95. The molecule has 0 fully saturated rings. The number of nitrogens with zero attached hydrogens (tertiary/aromatic N) is 2. The molecule has 0 aliphatic rings. The molecular formula is C19H18N2O3. The van der Waals surface area contributed by atoms with Crippen LogP contribution in [0, 0.1) is 6.92 Å². The van der Waals surface area contributed by atoms with Gasteiger partial charge in [-0.25, -0.2) is 9.78 Å². The van der Waals surface area contributed by atoms with E-state index in [2.05, 4.69) is 4.98 Å². The number of rotatable bonds is 4. The number of hydrogen-bond donors (Lipinski definition) is 1. The van der Waals surface area contributed by atoms with Crippen molar-refractivity contribution in [2.24, 2.45) is 0 Å². The predicted molar refractivity (Wildman–Crippen MR) is 92.3 cm³/mol. The molecular weight excluding hydrogens is 304 g/mol. The first-order chi connectivity index (χ1) is 11.4. The summed E-state index contributed by atoms with van der Waals surface area (Å²) in [7, 11) is 0. The molecule has 122 valence electrons. The van der Waals surface area contributed by atoms with Crippen molar-refractivity contribution >= 4 is 22.8 Å². The third-order valence-corrected chi connectivity index (χ3v) is 4.15. The van der Waals surface area contributed by atoms with E-state index in [4.69, 9.17) is 0 Å². The van der Waals surface area contributed by atoms with E-state index in [-0.39, 0.29) is 5.78 Å². The number of carbonyl (C=O) groups excluding carboxylic acids is 1. The third-order valence-electron chi connectivity index (χ3n) is 4.15. The van der Waals surface area contributed by atoms with Gasteiger partial charge in [-0.3, -0.25) is 4.79 Å². The van der Waals surface area contributed by atoms with Gasteiger partial charge in [-0.15, -0.1) is 0 Å². The fourth-order valence-electron chi connectivity index (χ4n) is 2.73. The molecule has 0 aliphatic heterocycles. The lowest BCUT2D eigenvalue weighted by atomic mass is 10.1. The summed E-state index contributed by atoms with van der Waals surface area (Å²) in [5.74, 6) is -0.395. The minimum atomic E-state index is -0.932. The first-order valence-electron chi connectivity index (χ1n) is 7.71. The summed E-state index contributed by atoms with van der Waals surface area (Å²) in [5, 5.41) is 9.47. The highest BCUT2D eigenvalue weighted by molar-refractivity contribution is 5.98. The normalized spacial score (nSPS) is 12.3. The van der Waals surface area contributed by atoms with Crippen LogP contribution >= 0.6 is 0 Å². The zero-order valence-electron chi connectivity index (χ0n) is 13.8. The average Bonchev–Trinajstić information content (AvgIpc) is 2.92. The lowest BCUT2D eigenvalue weighted by Crippen LogP contribution is -2.16. The van der Waals surface area contributed by atoms with Crippen molar-refractivity contribution in [2.45, 2.75) is 26.8 Å². The van der Waals surface area contributed by atoms with Crippen LogP contribution < -0.4 is 0 Å². The molecule has 24 heavy (non-hydrogen) atoms. The van der Waals surface area contributed by atoms with Crippen molar-refractivity contribution in [2.75, 3.05) is 0 Å². The predicted octanol–water partition coefficient (Wildman–Crippen LogP) is 3.86. The van der Waals surface area contributed by atoms with Crippen molar-refractivity contribution in [1.29, 1.82) is 0 Å². The van der Waals surface area contributed by atoms with E-state index in [1.165, 1.54) is 6.92 Å². The Morgan fingerprint density at radius 1 is 1.12 bits per heavy atom. The molecule has 0 saturated carbocycles. The molecule has 3 rings (SSSR count). The number of carbonyl (C=O) groups is 2. The second-order valence-electron chi connectivity index (χ2n) is 5.95. The highest BCUT2D eigenvalue weighted by Crippen LogP contribution is 2.29. The monoisotopic (exact) mass is 322 g/mol. The minimum Gasteiger partial charge on any atom is -0.480 e. The first-order valence-corrected chi connectivity index (χ1v) is 7.71. The van der Waals surface area contributed by atoms with Crippen LogP contribution in [0.4, 0.5) is 0 Å². The van der Waals surface area contributed by atoms with E-state index in [1.54, 1.807) is 29.7 Å². The molecule has 1 N–H and O–H groups in total. The summed E-state index contributed by atoms with van der Waals surface area (Å²) in [5.41, 5.74) is 3.84. The first kappa shape index (κ1) is 15.9. The number of benzene rings is 2. The van der Waals surface area contributed by atoms with Crippen LogP contribution in [0.25, 0.3) is 22.4 Å². The summed E-state index contributed by atoms with van der Waals surface area (Å²) in [6, 6.07) is 12.2. The molecule has 3 aromatic rings. The Balaban J connectivity index is 2.29. The van der Waals surface area contributed by atoms with Gasteiger partial charge in [0, 0.05) is 11.1 Å². The Bertz CT molecular complexity index is 939. The summed E-state index contributed by atoms with van der Waals surface area (Å²) in [4.78, 5) is 27.8. The fraction of sp³-hybridized carbons (Fsp3) is 0.211. The number of fused-ring (bicyclic) bond motifs is 1. The van der Waals surface area contributed by atoms with E-state index >= 15 is 0 Å². The minimum absolute atomic E-state index is 0.0466. The Labute approximate surface area is 139 Å². The lowest BCUT2D eigenvalue weighted by Gasteiger charge is -2.14. The molecule has 0 bridgehead atoms. The van der Waals surface area contributed by atoms with Crippen LogP contribution in [-0.2, 0) is 4.79 Å². The molecule has 0 saturated heterocycles. The standard InChI is InChI=1S/C19H18N2O3/c1-11-4-6-14(7-5-11)18-20-16-10-15(13(3)22)8-9-17(16)21(18)12(2)19(23)24/h4-10,12H,1-3H3,(H,23,24). The molecule has 0 radical (unpaired) electrons. The Morgan fingerprint density at radius 2 is 1.79 bits per heavy atom. The van der Waals surface area contributed by atoms with E-state index < -0.39 is 12.0 Å². The van der Waals surface area contributed by atoms with Crippen molar-refractivity contribution in [1.82, 2.24) is 9.55 Å². The highest BCUT2D eigenvalue weighted by atomic mass is 16.4. The Kier molecular flexibility index (Phi) is 3.93. The van der Waals surface area contributed by atoms with Gasteiger partial charge in [0.2, 0.25) is 0 Å². The summed E-state index contributed by atoms with van der Waals surface area (Å²) in [6.45, 7) is 5.12. The van der Waals surface area contributed by atoms with Gasteiger partial charge in [-0.05, 0) is 39.0 Å². The van der Waals surface area contributed by atoms with Crippen molar-refractivity contribution in [3.05, 3.63) is 53.6 Å². The van der Waals surface area contributed by atoms with Crippen LogP contribution in [0.2, 0.25) is 0 Å². The smallest absolute Gasteiger partial charge is 0.326 e. The molecule has 1 aromatic heterocycles. The number of carboxylic acids is 1. The number of carboxylic acid groups (broad SMARTS) is 1. The molecule has 1 atom stereocenters. The number of aryl methyl sites for hydroxylation is 1. The van der Waals surface area contributed by atoms with Gasteiger partial charge < -0.3 is 9.67 Å². The maximum Gasteiger partial charge on any atom is 0.326 e. The van der Waals surface area contributed by atoms with Crippen molar-refractivity contribution in [3.63, 3.8) is 0 Å². The van der Waals surface area contributed by atoms with Crippen LogP contribution in [0.3, 0.4) is 0 Å². The maximum atomic E-state index is 11.6. The number of aliphatic carboxylic acids is 1. The van der Waals surface area contributed by atoms with Crippen LogP contribution in [0.15, 0.2) is 42.5 Å². The lowest BCUT2D eigenvalue weighted by molar-refractivity contribution is -0.140. The summed E-state index contributed by atoms with van der Waals surface area (Å²) in [6.07, 6.45) is 0. The molecule has 0 aliphatic carbocycles. The van der Waals surface area contributed by atoms with Gasteiger partial charge in [0.1, 0.15) is 11.9 Å². The largest absolute Gasteiger partial charge is 0.480 e. The maximum absolute atomic E-state index is 11.6. The quantitative estimate of drug-likeness (QED) is 0.740. The number of Topliss-reactive ketones (excluding diaryl/α,β-unsaturated/α-hetero) is 1. The van der Waals surface area contributed by atoms with E-state index in [1.807, 2.05) is 31.2 Å². The van der Waals surface area contributed by atoms with Gasteiger partial charge in [0.15, 0.2) is 5.78 Å². The van der Waals surface area contributed by atoms with Gasteiger partial charge in [0.25, 0.3) is 0 Å². The zero-order valence-corrected chi connectivity index (χ0v) is 13.8. The second kappa shape index (κ2) is 5.92. The number of aromatic nitrogens is 2. The van der Waals surface area contributed by atoms with Gasteiger partial charge in [-0.1, -0.05) is 29.8 Å². The summed E-state index contributed by atoms with van der Waals surface area (Å²) < 4.78 is 1.70. The van der Waals surface area contributed by atoms with Crippen LogP contribution in [-0.4, -0.2) is 26.4 Å². The Morgan fingerprint density at radius 3 is 2.38 bits per heavy atom. The number of imidazole rings is 1. The molecule has 0 amide bonds. The summed E-state index contributed by atoms with van der Waals surface area (Å²) >= 11 is 0. The average molecular weight is 322 g/mol. The van der Waals surface area contributed by atoms with Crippen LogP contribution in [0.1, 0.15) is 35.8 Å². The van der Waals surface area contributed by atoms with E-state index in [9.17, 15) is 14.7 Å². The molecule has 5 nitrogen and oxygen atoms in total. The van der Waals surface area contributed by atoms with Crippen molar-refractivity contribution in [3.8, 4) is 11.4 Å². The highest BCUT2D eigenvalue weighted by Gasteiger charge is 2.22. The van der Waals surface area contributed by atoms with Crippen LogP contribution in [0.5, 0.6) is 0 Å². The third kappa shape index (κ3) is 2.69. The molecule has 2 aromatic carbocycles. The molecule has 5 heteroatoms. The van der Waals surface area contributed by atoms with Gasteiger partial charge >= 0.3 is 5.97 Å². The topological polar surface area (TPSA) is 72.2 Å². The molecule has 0 spiro atoms. The van der Waals surface area contributed by atoms with Gasteiger partial charge in [0.05, 0.1) is 11.0 Å². The van der Waals surface area contributed by atoms with E-state index in [0.29, 0.717) is 22.4 Å². The van der Waals surface area contributed by atoms with E-state index in [0.717, 1.165) is 11.1 Å². The zero-order chi connectivity index (χ0) is 17.4.